The summed E-state index contributed by atoms with van der Waals surface area (Å²) in [6.45, 7) is 6.42. The molecule has 0 aliphatic carbocycles. The highest BCUT2D eigenvalue weighted by Crippen LogP contribution is 2.19. The van der Waals surface area contributed by atoms with Crippen LogP contribution in [0.15, 0.2) is 29.3 Å². The zero-order valence-electron chi connectivity index (χ0n) is 9.90. The van der Waals surface area contributed by atoms with Crippen molar-refractivity contribution >= 4 is 5.84 Å². The fourth-order valence-electron chi connectivity index (χ4n) is 1.36. The Hall–Kier alpha value is -1.55. The summed E-state index contributed by atoms with van der Waals surface area (Å²) in [5.74, 6) is 1.14. The van der Waals surface area contributed by atoms with Crippen LogP contribution in [-0.4, -0.2) is 23.7 Å². The SMILES string of the molecule is CCN=C(NO)c1ccccc1OC(C)C. The van der Waals surface area contributed by atoms with Crippen LogP contribution in [0.25, 0.3) is 0 Å². The number of para-hydroxylation sites is 1. The van der Waals surface area contributed by atoms with Gasteiger partial charge in [0.05, 0.1) is 11.7 Å². The number of nitrogens with zero attached hydrogens (tertiary/aromatic N) is 1. The number of ether oxygens (including phenoxy) is 1. The molecule has 0 fully saturated rings. The predicted molar refractivity (Wildman–Crippen MR) is 64.2 cm³/mol. The normalized spacial score (nSPS) is 11.7. The molecule has 0 spiro atoms. The second-order valence-corrected chi connectivity index (χ2v) is 3.60. The molecule has 0 bridgehead atoms. The van der Waals surface area contributed by atoms with Gasteiger partial charge in [0, 0.05) is 6.54 Å². The summed E-state index contributed by atoms with van der Waals surface area (Å²) in [6.07, 6.45) is 0.0859. The molecule has 4 nitrogen and oxygen atoms in total. The highest BCUT2D eigenvalue weighted by Gasteiger charge is 2.09. The highest BCUT2D eigenvalue weighted by molar-refractivity contribution is 6.00. The Morgan fingerprint density at radius 1 is 1.44 bits per heavy atom. The van der Waals surface area contributed by atoms with Crippen molar-refractivity contribution in [1.82, 2.24) is 5.48 Å². The standard InChI is InChI=1S/C12H18N2O2/c1-4-13-12(14-15)10-7-5-6-8-11(10)16-9(2)3/h5-9,15H,4H2,1-3H3,(H,13,14). The van der Waals surface area contributed by atoms with E-state index in [0.717, 1.165) is 5.56 Å². The zero-order chi connectivity index (χ0) is 12.0. The summed E-state index contributed by atoms with van der Waals surface area (Å²) in [4.78, 5) is 4.16. The van der Waals surface area contributed by atoms with Crippen molar-refractivity contribution in [3.63, 3.8) is 0 Å². The third-order valence-electron chi connectivity index (χ3n) is 1.93. The maximum atomic E-state index is 9.03. The smallest absolute Gasteiger partial charge is 0.155 e. The molecule has 0 saturated heterocycles. The van der Waals surface area contributed by atoms with Gasteiger partial charge in [-0.05, 0) is 32.9 Å². The van der Waals surface area contributed by atoms with Crippen molar-refractivity contribution in [3.05, 3.63) is 29.8 Å². The molecule has 2 N–H and O–H groups in total. The molecule has 1 rings (SSSR count). The monoisotopic (exact) mass is 222 g/mol. The first-order chi connectivity index (χ1) is 7.69. The first-order valence-electron chi connectivity index (χ1n) is 5.39. The lowest BCUT2D eigenvalue weighted by atomic mass is 10.2. The van der Waals surface area contributed by atoms with E-state index in [1.54, 1.807) is 0 Å². The molecule has 0 atom stereocenters. The van der Waals surface area contributed by atoms with E-state index >= 15 is 0 Å². The second kappa shape index (κ2) is 6.12. The van der Waals surface area contributed by atoms with Crippen LogP contribution in [0.4, 0.5) is 0 Å². The number of aliphatic imine (C=N–C) groups is 1. The van der Waals surface area contributed by atoms with E-state index in [0.29, 0.717) is 18.1 Å². The quantitative estimate of drug-likeness (QED) is 0.466. The number of amidine groups is 1. The van der Waals surface area contributed by atoms with Gasteiger partial charge >= 0.3 is 0 Å². The highest BCUT2D eigenvalue weighted by atomic mass is 16.5. The van der Waals surface area contributed by atoms with E-state index in [1.807, 2.05) is 45.0 Å². The Labute approximate surface area is 95.9 Å². The van der Waals surface area contributed by atoms with Gasteiger partial charge in [-0.1, -0.05) is 12.1 Å². The van der Waals surface area contributed by atoms with Gasteiger partial charge in [0.2, 0.25) is 0 Å². The van der Waals surface area contributed by atoms with Gasteiger partial charge in [-0.15, -0.1) is 0 Å². The number of nitrogens with one attached hydrogen (secondary N) is 1. The van der Waals surface area contributed by atoms with Crippen LogP contribution in [0.1, 0.15) is 26.3 Å². The number of rotatable bonds is 4. The molecule has 88 valence electrons. The Morgan fingerprint density at radius 2 is 2.12 bits per heavy atom. The number of hydroxylamine groups is 1. The molecule has 0 radical (unpaired) electrons. The topological polar surface area (TPSA) is 53.9 Å². The fraction of sp³-hybridized carbons (Fsp3) is 0.417. The summed E-state index contributed by atoms with van der Waals surface area (Å²) in [6, 6.07) is 7.49. The summed E-state index contributed by atoms with van der Waals surface area (Å²) < 4.78 is 5.64. The minimum absolute atomic E-state index is 0.0859. The Morgan fingerprint density at radius 3 is 2.69 bits per heavy atom. The molecule has 1 aromatic carbocycles. The predicted octanol–water partition coefficient (Wildman–Crippen LogP) is 2.22. The molecule has 0 aromatic heterocycles. The van der Waals surface area contributed by atoms with Crippen LogP contribution in [0, 0.1) is 0 Å². The van der Waals surface area contributed by atoms with Crippen LogP contribution in [0.3, 0.4) is 0 Å². The number of hydrogen-bond donors (Lipinski definition) is 2. The Bertz CT molecular complexity index is 362. The molecule has 0 aliphatic heterocycles. The minimum Gasteiger partial charge on any atom is -0.490 e. The van der Waals surface area contributed by atoms with Crippen molar-refractivity contribution in [1.29, 1.82) is 0 Å². The van der Waals surface area contributed by atoms with Crippen LogP contribution in [-0.2, 0) is 0 Å². The second-order valence-electron chi connectivity index (χ2n) is 3.60. The molecular formula is C12H18N2O2. The van der Waals surface area contributed by atoms with Gasteiger partial charge in [-0.2, -0.15) is 0 Å². The molecule has 0 heterocycles. The summed E-state index contributed by atoms with van der Waals surface area (Å²) in [5.41, 5.74) is 2.87. The van der Waals surface area contributed by atoms with Crippen molar-refractivity contribution in [2.75, 3.05) is 6.54 Å². The largest absolute Gasteiger partial charge is 0.490 e. The summed E-state index contributed by atoms with van der Waals surface area (Å²) in [5, 5.41) is 9.03. The molecule has 16 heavy (non-hydrogen) atoms. The van der Waals surface area contributed by atoms with Gasteiger partial charge in [-0.25, -0.2) is 0 Å². The lowest BCUT2D eigenvalue weighted by Crippen LogP contribution is -2.22. The maximum absolute atomic E-state index is 9.03. The molecular weight excluding hydrogens is 204 g/mol. The number of benzene rings is 1. The first kappa shape index (κ1) is 12.5. The van der Waals surface area contributed by atoms with E-state index < -0.39 is 0 Å². The molecule has 0 saturated carbocycles. The average molecular weight is 222 g/mol. The van der Waals surface area contributed by atoms with Crippen LogP contribution >= 0.6 is 0 Å². The Kier molecular flexibility index (Phi) is 4.79. The average Bonchev–Trinajstić information content (AvgIpc) is 2.26. The molecule has 4 heteroatoms. The maximum Gasteiger partial charge on any atom is 0.155 e. The minimum atomic E-state index is 0.0859. The van der Waals surface area contributed by atoms with E-state index in [1.165, 1.54) is 0 Å². The molecule has 1 aromatic rings. The number of hydrogen-bond acceptors (Lipinski definition) is 3. The van der Waals surface area contributed by atoms with Crippen molar-refractivity contribution in [3.8, 4) is 5.75 Å². The van der Waals surface area contributed by atoms with Crippen LogP contribution < -0.4 is 10.2 Å². The molecule has 0 aliphatic rings. The lowest BCUT2D eigenvalue weighted by molar-refractivity contribution is 0.229. The van der Waals surface area contributed by atoms with Gasteiger partial charge < -0.3 is 4.74 Å². The zero-order valence-corrected chi connectivity index (χ0v) is 9.90. The summed E-state index contributed by atoms with van der Waals surface area (Å²) >= 11 is 0. The van der Waals surface area contributed by atoms with Gasteiger partial charge in [0.15, 0.2) is 5.84 Å². The lowest BCUT2D eigenvalue weighted by Gasteiger charge is -2.14. The first-order valence-corrected chi connectivity index (χ1v) is 5.39. The fourth-order valence-corrected chi connectivity index (χ4v) is 1.36. The third-order valence-corrected chi connectivity index (χ3v) is 1.93. The van der Waals surface area contributed by atoms with E-state index in [-0.39, 0.29) is 6.10 Å². The van der Waals surface area contributed by atoms with E-state index in [4.69, 9.17) is 9.94 Å². The van der Waals surface area contributed by atoms with E-state index in [2.05, 4.69) is 10.5 Å². The third kappa shape index (κ3) is 3.24. The summed E-state index contributed by atoms with van der Waals surface area (Å²) in [7, 11) is 0. The van der Waals surface area contributed by atoms with Crippen molar-refractivity contribution < 1.29 is 9.94 Å². The molecule has 0 amide bonds. The van der Waals surface area contributed by atoms with Crippen LogP contribution in [0.2, 0.25) is 0 Å². The van der Waals surface area contributed by atoms with Gasteiger partial charge in [0.25, 0.3) is 0 Å². The molecule has 0 unspecified atom stereocenters. The van der Waals surface area contributed by atoms with Crippen molar-refractivity contribution in [2.24, 2.45) is 4.99 Å². The van der Waals surface area contributed by atoms with E-state index in [9.17, 15) is 0 Å². The Balaban J connectivity index is 3.06. The van der Waals surface area contributed by atoms with Crippen molar-refractivity contribution in [2.45, 2.75) is 26.9 Å². The van der Waals surface area contributed by atoms with Gasteiger partial charge in [0.1, 0.15) is 5.75 Å². The van der Waals surface area contributed by atoms with Gasteiger partial charge in [-0.3, -0.25) is 15.7 Å². The van der Waals surface area contributed by atoms with Crippen LogP contribution in [0.5, 0.6) is 5.75 Å².